The maximum absolute atomic E-state index is 12.8. The Bertz CT molecular complexity index is 765. The van der Waals surface area contributed by atoms with Crippen molar-refractivity contribution in [1.82, 2.24) is 24.8 Å². The van der Waals surface area contributed by atoms with E-state index in [1.54, 1.807) is 18.5 Å². The molecule has 0 spiro atoms. The average Bonchev–Trinajstić information content (AvgIpc) is 2.88. The predicted molar refractivity (Wildman–Crippen MR) is 100 cm³/mol. The third-order valence-corrected chi connectivity index (χ3v) is 4.94. The largest absolute Gasteiger partial charge is 0.384 e. The number of carbonyl (C=O) groups excluding carboxylic acids is 1. The second-order valence-electron chi connectivity index (χ2n) is 6.86. The van der Waals surface area contributed by atoms with Gasteiger partial charge < -0.3 is 10.6 Å². The van der Waals surface area contributed by atoms with Crippen LogP contribution in [0.15, 0.2) is 30.6 Å². The van der Waals surface area contributed by atoms with Crippen molar-refractivity contribution in [3.63, 3.8) is 0 Å². The molecule has 1 aliphatic heterocycles. The first-order valence-corrected chi connectivity index (χ1v) is 9.03. The van der Waals surface area contributed by atoms with Crippen LogP contribution in [0.4, 0.5) is 5.82 Å². The van der Waals surface area contributed by atoms with Gasteiger partial charge in [0.2, 0.25) is 0 Å². The van der Waals surface area contributed by atoms with E-state index >= 15 is 0 Å². The highest BCUT2D eigenvalue weighted by molar-refractivity contribution is 5.93. The van der Waals surface area contributed by atoms with E-state index in [9.17, 15) is 4.79 Å². The third-order valence-electron chi connectivity index (χ3n) is 4.94. The van der Waals surface area contributed by atoms with Gasteiger partial charge in [0.25, 0.3) is 5.91 Å². The van der Waals surface area contributed by atoms with Gasteiger partial charge in [-0.25, -0.2) is 9.97 Å². The van der Waals surface area contributed by atoms with Crippen molar-refractivity contribution >= 4 is 11.7 Å². The van der Waals surface area contributed by atoms with Gasteiger partial charge in [-0.1, -0.05) is 6.07 Å². The lowest BCUT2D eigenvalue weighted by molar-refractivity contribution is 0.0750. The smallest absolute Gasteiger partial charge is 0.272 e. The molecule has 0 bridgehead atoms. The van der Waals surface area contributed by atoms with Crippen molar-refractivity contribution in [2.45, 2.75) is 38.8 Å². The van der Waals surface area contributed by atoms with Gasteiger partial charge in [-0.05, 0) is 50.9 Å². The van der Waals surface area contributed by atoms with Gasteiger partial charge in [0.1, 0.15) is 17.3 Å². The summed E-state index contributed by atoms with van der Waals surface area (Å²) in [5.74, 6) is 1.26. The zero-order valence-electron chi connectivity index (χ0n) is 15.4. The fraction of sp³-hybridized carbons (Fsp3) is 0.474. The fourth-order valence-corrected chi connectivity index (χ4v) is 3.43. The quantitative estimate of drug-likeness (QED) is 0.902. The van der Waals surface area contributed by atoms with Gasteiger partial charge in [-0.3, -0.25) is 14.7 Å². The third kappa shape index (κ3) is 4.35. The van der Waals surface area contributed by atoms with Gasteiger partial charge >= 0.3 is 0 Å². The molecule has 0 aromatic carbocycles. The summed E-state index contributed by atoms with van der Waals surface area (Å²) in [7, 11) is 2.08. The highest BCUT2D eigenvalue weighted by atomic mass is 16.2. The van der Waals surface area contributed by atoms with Crippen LogP contribution in [0, 0.1) is 6.92 Å². The number of hydrogen-bond acceptors (Lipinski definition) is 6. The topological polar surface area (TPSA) is 88.2 Å². The van der Waals surface area contributed by atoms with E-state index in [1.165, 1.54) is 0 Å². The summed E-state index contributed by atoms with van der Waals surface area (Å²) in [5, 5.41) is 0. The molecule has 3 heterocycles. The molecule has 1 aliphatic rings. The molecule has 7 heteroatoms. The number of carbonyl (C=O) groups is 1. The molecule has 1 amide bonds. The van der Waals surface area contributed by atoms with Crippen LogP contribution in [0.1, 0.15) is 41.1 Å². The van der Waals surface area contributed by atoms with Crippen molar-refractivity contribution in [3.8, 4) is 0 Å². The number of likely N-dealkylation sites (tertiary alicyclic amines) is 1. The predicted octanol–water partition coefficient (Wildman–Crippen LogP) is 1.89. The monoisotopic (exact) mass is 354 g/mol. The molecule has 1 unspecified atom stereocenters. The van der Waals surface area contributed by atoms with Gasteiger partial charge in [0.05, 0.1) is 6.54 Å². The maximum atomic E-state index is 12.8. The SMILES string of the molecule is Cc1cccnc1C(=O)N1CCCC(N(C)Cc2nccc(N)n2)CC1. The molecule has 26 heavy (non-hydrogen) atoms. The normalized spacial score (nSPS) is 18.0. The van der Waals surface area contributed by atoms with E-state index in [0.717, 1.165) is 43.7 Å². The Morgan fingerprint density at radius 3 is 2.88 bits per heavy atom. The van der Waals surface area contributed by atoms with E-state index in [1.807, 2.05) is 24.0 Å². The van der Waals surface area contributed by atoms with Crippen LogP contribution in [0.25, 0.3) is 0 Å². The lowest BCUT2D eigenvalue weighted by Gasteiger charge is -2.26. The summed E-state index contributed by atoms with van der Waals surface area (Å²) in [6.07, 6.45) is 6.32. The summed E-state index contributed by atoms with van der Waals surface area (Å²) in [4.78, 5) is 29.8. The first kappa shape index (κ1) is 18.3. The van der Waals surface area contributed by atoms with Crippen LogP contribution in [0.2, 0.25) is 0 Å². The van der Waals surface area contributed by atoms with Crippen molar-refractivity contribution < 1.29 is 4.79 Å². The number of aromatic nitrogens is 3. The Hall–Kier alpha value is -2.54. The standard InChI is InChI=1S/C19H26N6O/c1-14-5-3-9-22-18(14)19(26)25-11-4-6-15(8-12-25)24(2)13-17-21-10-7-16(20)23-17/h3,5,7,9-10,15H,4,6,8,11-13H2,1-2H3,(H2,20,21,23). The average molecular weight is 354 g/mol. The Labute approximate surface area is 154 Å². The van der Waals surface area contributed by atoms with Gasteiger partial charge in [0, 0.05) is 31.5 Å². The van der Waals surface area contributed by atoms with Gasteiger partial charge in [-0.15, -0.1) is 0 Å². The molecular weight excluding hydrogens is 328 g/mol. The molecule has 1 saturated heterocycles. The molecule has 138 valence electrons. The minimum Gasteiger partial charge on any atom is -0.384 e. The van der Waals surface area contributed by atoms with Crippen molar-refractivity contribution in [3.05, 3.63) is 47.7 Å². The lowest BCUT2D eigenvalue weighted by atomic mass is 10.1. The molecule has 2 aromatic heterocycles. The number of anilines is 1. The van der Waals surface area contributed by atoms with E-state index < -0.39 is 0 Å². The molecule has 7 nitrogen and oxygen atoms in total. The molecule has 0 radical (unpaired) electrons. The zero-order chi connectivity index (χ0) is 18.5. The molecule has 1 atom stereocenters. The fourth-order valence-electron chi connectivity index (χ4n) is 3.43. The van der Waals surface area contributed by atoms with Crippen LogP contribution >= 0.6 is 0 Å². The summed E-state index contributed by atoms with van der Waals surface area (Å²) in [6.45, 7) is 4.10. The van der Waals surface area contributed by atoms with Gasteiger partial charge in [-0.2, -0.15) is 0 Å². The lowest BCUT2D eigenvalue weighted by Crippen LogP contribution is -2.35. The first-order valence-electron chi connectivity index (χ1n) is 9.03. The second kappa shape index (κ2) is 8.23. The molecule has 3 rings (SSSR count). The van der Waals surface area contributed by atoms with E-state index in [4.69, 9.17) is 5.73 Å². The van der Waals surface area contributed by atoms with E-state index in [0.29, 0.717) is 24.1 Å². The van der Waals surface area contributed by atoms with Crippen molar-refractivity contribution in [1.29, 1.82) is 0 Å². The minimum absolute atomic E-state index is 0.0329. The van der Waals surface area contributed by atoms with Crippen molar-refractivity contribution in [2.24, 2.45) is 0 Å². The number of rotatable bonds is 4. The van der Waals surface area contributed by atoms with Crippen LogP contribution < -0.4 is 5.73 Å². The van der Waals surface area contributed by atoms with E-state index in [2.05, 4.69) is 26.9 Å². The minimum atomic E-state index is 0.0329. The van der Waals surface area contributed by atoms with Crippen LogP contribution in [0.3, 0.4) is 0 Å². The maximum Gasteiger partial charge on any atom is 0.272 e. The van der Waals surface area contributed by atoms with Crippen LogP contribution in [-0.4, -0.2) is 56.8 Å². The Morgan fingerprint density at radius 1 is 1.27 bits per heavy atom. The Morgan fingerprint density at radius 2 is 2.12 bits per heavy atom. The number of aryl methyl sites for hydroxylation is 1. The number of pyridine rings is 1. The Kier molecular flexibility index (Phi) is 5.78. The number of nitrogens with zero attached hydrogens (tertiary/aromatic N) is 5. The zero-order valence-corrected chi connectivity index (χ0v) is 15.4. The molecule has 0 aliphatic carbocycles. The highest BCUT2D eigenvalue weighted by Crippen LogP contribution is 2.19. The number of amides is 1. The Balaban J connectivity index is 1.61. The highest BCUT2D eigenvalue weighted by Gasteiger charge is 2.25. The summed E-state index contributed by atoms with van der Waals surface area (Å²) in [5.41, 5.74) is 7.22. The first-order chi connectivity index (χ1) is 12.5. The molecular formula is C19H26N6O. The van der Waals surface area contributed by atoms with Crippen molar-refractivity contribution in [2.75, 3.05) is 25.9 Å². The second-order valence-corrected chi connectivity index (χ2v) is 6.86. The molecule has 1 fully saturated rings. The number of hydrogen-bond donors (Lipinski definition) is 1. The van der Waals surface area contributed by atoms with Gasteiger partial charge in [0.15, 0.2) is 0 Å². The summed E-state index contributed by atoms with van der Waals surface area (Å²) in [6, 6.07) is 5.87. The molecule has 2 N–H and O–H groups in total. The number of nitrogen functional groups attached to an aromatic ring is 1. The summed E-state index contributed by atoms with van der Waals surface area (Å²) >= 11 is 0. The number of nitrogens with two attached hydrogens (primary N) is 1. The van der Waals surface area contributed by atoms with Crippen LogP contribution in [-0.2, 0) is 6.54 Å². The molecule has 0 saturated carbocycles. The molecule has 2 aromatic rings. The van der Waals surface area contributed by atoms with Crippen LogP contribution in [0.5, 0.6) is 0 Å². The van der Waals surface area contributed by atoms with E-state index in [-0.39, 0.29) is 5.91 Å². The summed E-state index contributed by atoms with van der Waals surface area (Å²) < 4.78 is 0.